The summed E-state index contributed by atoms with van der Waals surface area (Å²) in [6, 6.07) is 9.22. The van der Waals surface area contributed by atoms with Crippen molar-refractivity contribution in [1.29, 1.82) is 0 Å². The fourth-order valence-corrected chi connectivity index (χ4v) is 6.78. The molecule has 0 heterocycles. The van der Waals surface area contributed by atoms with E-state index in [4.69, 9.17) is 9.05 Å². The highest BCUT2D eigenvalue weighted by atomic mass is 32.2. The van der Waals surface area contributed by atoms with Gasteiger partial charge in [0.2, 0.25) is 0 Å². The summed E-state index contributed by atoms with van der Waals surface area (Å²) in [6.45, 7) is 7.92. The van der Waals surface area contributed by atoms with E-state index >= 15 is 0 Å². The largest absolute Gasteiger partial charge is 0.350 e. The monoisotopic (exact) mass is 332 g/mol. The van der Waals surface area contributed by atoms with Crippen LogP contribution in [0.4, 0.5) is 0 Å². The molecular formula is C15H25O4PS. The normalized spacial score (nSPS) is 16.4. The average Bonchev–Trinajstić information content (AvgIpc) is 2.48. The zero-order valence-corrected chi connectivity index (χ0v) is 14.9. The van der Waals surface area contributed by atoms with Gasteiger partial charge >= 0.3 is 7.60 Å². The van der Waals surface area contributed by atoms with Gasteiger partial charge in [-0.05, 0) is 25.8 Å². The van der Waals surface area contributed by atoms with Crippen LogP contribution in [-0.4, -0.2) is 22.7 Å². The molecule has 0 aliphatic carbocycles. The van der Waals surface area contributed by atoms with Crippen LogP contribution >= 0.6 is 7.60 Å². The smallest absolute Gasteiger partial charge is 0.308 e. The Balaban J connectivity index is 3.29. The molecule has 0 radical (unpaired) electrons. The number of hydrogen-bond donors (Lipinski definition) is 0. The Labute approximate surface area is 130 Å². The van der Waals surface area contributed by atoms with Gasteiger partial charge in [-0.25, -0.2) is 0 Å². The van der Waals surface area contributed by atoms with Crippen LogP contribution in [0.3, 0.4) is 0 Å². The average molecular weight is 332 g/mol. The first kappa shape index (κ1) is 18.6. The van der Waals surface area contributed by atoms with Gasteiger partial charge in [-0.2, -0.15) is 0 Å². The molecule has 3 unspecified atom stereocenters. The fourth-order valence-electron chi connectivity index (χ4n) is 1.98. The lowest BCUT2D eigenvalue weighted by molar-refractivity contribution is 0.218. The van der Waals surface area contributed by atoms with E-state index in [-0.39, 0.29) is 18.5 Å². The van der Waals surface area contributed by atoms with E-state index in [9.17, 15) is 8.77 Å². The number of rotatable bonds is 9. The first-order valence-corrected chi connectivity index (χ1v) is 10.2. The molecule has 21 heavy (non-hydrogen) atoms. The van der Waals surface area contributed by atoms with Gasteiger partial charge in [0.05, 0.1) is 13.2 Å². The van der Waals surface area contributed by atoms with Crippen molar-refractivity contribution in [1.82, 2.24) is 0 Å². The van der Waals surface area contributed by atoms with Crippen LogP contribution < -0.4 is 0 Å². The Kier molecular flexibility index (Phi) is 7.82. The highest BCUT2D eigenvalue weighted by Gasteiger charge is 2.42. The lowest BCUT2D eigenvalue weighted by Crippen LogP contribution is -2.20. The second-order valence-corrected chi connectivity index (χ2v) is 9.08. The van der Waals surface area contributed by atoms with Crippen molar-refractivity contribution in [3.63, 3.8) is 0 Å². The Morgan fingerprint density at radius 3 is 2.05 bits per heavy atom. The van der Waals surface area contributed by atoms with Gasteiger partial charge in [-0.1, -0.05) is 44.2 Å². The number of benzene rings is 1. The topological polar surface area (TPSA) is 52.6 Å². The molecule has 0 N–H and O–H groups in total. The predicted octanol–water partition coefficient (Wildman–Crippen LogP) is 4.50. The minimum absolute atomic E-state index is 0.0792. The Morgan fingerprint density at radius 2 is 1.62 bits per heavy atom. The van der Waals surface area contributed by atoms with Gasteiger partial charge in [-0.3, -0.25) is 8.77 Å². The summed E-state index contributed by atoms with van der Waals surface area (Å²) in [6.07, 6.45) is 0.744. The van der Waals surface area contributed by atoms with E-state index in [1.807, 2.05) is 44.2 Å². The maximum absolute atomic E-state index is 13.1. The molecule has 1 aromatic carbocycles. The molecule has 0 saturated carbocycles. The van der Waals surface area contributed by atoms with Crippen LogP contribution in [0.5, 0.6) is 0 Å². The van der Waals surface area contributed by atoms with Crippen molar-refractivity contribution < 1.29 is 17.8 Å². The zero-order valence-electron chi connectivity index (χ0n) is 13.2. The van der Waals surface area contributed by atoms with Gasteiger partial charge in [0.1, 0.15) is 0 Å². The van der Waals surface area contributed by atoms with Crippen LogP contribution in [-0.2, 0) is 24.4 Å². The van der Waals surface area contributed by atoms with Gasteiger partial charge < -0.3 is 9.05 Å². The summed E-state index contributed by atoms with van der Waals surface area (Å²) in [5.74, 6) is 0. The van der Waals surface area contributed by atoms with Crippen molar-refractivity contribution in [3.8, 4) is 0 Å². The van der Waals surface area contributed by atoms with E-state index in [0.29, 0.717) is 0 Å². The quantitative estimate of drug-likeness (QED) is 0.625. The van der Waals surface area contributed by atoms with Crippen molar-refractivity contribution >= 4 is 18.4 Å². The van der Waals surface area contributed by atoms with Crippen LogP contribution in [0.2, 0.25) is 0 Å². The van der Waals surface area contributed by atoms with E-state index in [1.54, 1.807) is 13.8 Å². The van der Waals surface area contributed by atoms with E-state index in [2.05, 4.69) is 0 Å². The van der Waals surface area contributed by atoms with Crippen LogP contribution in [0.25, 0.3) is 0 Å². The molecule has 0 aliphatic heterocycles. The Bertz CT molecular complexity index is 482. The van der Waals surface area contributed by atoms with Crippen molar-refractivity contribution in [2.75, 3.05) is 13.2 Å². The molecular weight excluding hydrogens is 307 g/mol. The molecule has 1 aromatic rings. The third-order valence-electron chi connectivity index (χ3n) is 3.18. The van der Waals surface area contributed by atoms with Crippen molar-refractivity contribution in [3.05, 3.63) is 35.9 Å². The SMILES string of the molecule is CCOP(=O)(OCC)C(c1ccccc1)S(=O)C(C)CC. The molecule has 6 heteroatoms. The second kappa shape index (κ2) is 8.84. The molecule has 0 aliphatic rings. The highest BCUT2D eigenvalue weighted by Crippen LogP contribution is 2.63. The van der Waals surface area contributed by atoms with E-state index in [0.717, 1.165) is 12.0 Å². The molecule has 3 atom stereocenters. The molecule has 0 aromatic heterocycles. The summed E-state index contributed by atoms with van der Waals surface area (Å²) in [5, 5.41) is -0.0792. The molecule has 1 rings (SSSR count). The lowest BCUT2D eigenvalue weighted by Gasteiger charge is -2.28. The second-order valence-electron chi connectivity index (χ2n) is 4.69. The van der Waals surface area contributed by atoms with Gasteiger partial charge in [0.25, 0.3) is 0 Å². The van der Waals surface area contributed by atoms with E-state index < -0.39 is 23.4 Å². The summed E-state index contributed by atoms with van der Waals surface area (Å²) in [7, 11) is -4.81. The minimum Gasteiger partial charge on any atom is -0.308 e. The third kappa shape index (κ3) is 4.75. The molecule has 0 fully saturated rings. The molecule has 120 valence electrons. The first-order chi connectivity index (χ1) is 10.00. The zero-order chi connectivity index (χ0) is 15.9. The van der Waals surface area contributed by atoms with Crippen molar-refractivity contribution in [2.45, 2.75) is 44.4 Å². The van der Waals surface area contributed by atoms with Crippen molar-refractivity contribution in [2.24, 2.45) is 0 Å². The molecule has 0 saturated heterocycles. The van der Waals surface area contributed by atoms with Gasteiger partial charge in [0.15, 0.2) is 4.99 Å². The fraction of sp³-hybridized carbons (Fsp3) is 0.600. The van der Waals surface area contributed by atoms with Gasteiger partial charge in [-0.15, -0.1) is 0 Å². The summed E-state index contributed by atoms with van der Waals surface area (Å²) >= 11 is 0. The molecule has 4 nitrogen and oxygen atoms in total. The summed E-state index contributed by atoms with van der Waals surface area (Å²) < 4.78 is 36.9. The van der Waals surface area contributed by atoms with E-state index in [1.165, 1.54) is 0 Å². The minimum atomic E-state index is -3.47. The summed E-state index contributed by atoms with van der Waals surface area (Å²) in [4.78, 5) is -0.742. The van der Waals surface area contributed by atoms with Crippen LogP contribution in [0.1, 0.15) is 44.7 Å². The Hall–Kier alpha value is -0.480. The van der Waals surface area contributed by atoms with Crippen LogP contribution in [0, 0.1) is 0 Å². The predicted molar refractivity (Wildman–Crippen MR) is 87.9 cm³/mol. The maximum atomic E-state index is 13.1. The Morgan fingerprint density at radius 1 is 1.10 bits per heavy atom. The third-order valence-corrected chi connectivity index (χ3v) is 8.53. The molecule has 0 amide bonds. The van der Waals surface area contributed by atoms with Gasteiger partial charge in [0, 0.05) is 16.0 Å². The molecule has 0 spiro atoms. The maximum Gasteiger partial charge on any atom is 0.350 e. The highest BCUT2D eigenvalue weighted by molar-refractivity contribution is 7.93. The standard InChI is InChI=1S/C15H25O4PS/c1-5-13(4)21(17)15(14-11-9-8-10-12-14)20(16,18-6-2)19-7-3/h8-13,15H,5-7H2,1-4H3. The summed E-state index contributed by atoms with van der Waals surface area (Å²) in [5.41, 5.74) is 0.737. The van der Waals surface area contributed by atoms with Crippen LogP contribution in [0.15, 0.2) is 30.3 Å². The number of hydrogen-bond acceptors (Lipinski definition) is 4. The molecule has 0 bridgehead atoms. The lowest BCUT2D eigenvalue weighted by atomic mass is 10.2. The first-order valence-electron chi connectivity index (χ1n) is 7.33.